The minimum atomic E-state index is -4.00. The Kier molecular flexibility index (Phi) is 8.78. The first-order chi connectivity index (χ1) is 18.1. The molecule has 2 fully saturated rings. The molecule has 1 N–H and O–H groups in total. The van der Waals surface area contributed by atoms with E-state index in [0.29, 0.717) is 11.7 Å². The monoisotopic (exact) mass is 541 g/mol. The van der Waals surface area contributed by atoms with E-state index in [1.165, 1.54) is 21.7 Å². The largest absolute Gasteiger partial charge is 0.496 e. The zero-order valence-electron chi connectivity index (χ0n) is 22.8. The zero-order valence-corrected chi connectivity index (χ0v) is 23.6. The molecule has 8 nitrogen and oxygen atoms in total. The van der Waals surface area contributed by atoms with E-state index in [9.17, 15) is 18.0 Å². The number of benzene rings is 2. The van der Waals surface area contributed by atoms with Gasteiger partial charge in [-0.2, -0.15) is 4.31 Å². The third-order valence-corrected chi connectivity index (χ3v) is 9.70. The van der Waals surface area contributed by atoms with Crippen molar-refractivity contribution >= 4 is 21.8 Å². The van der Waals surface area contributed by atoms with Crippen molar-refractivity contribution in [3.8, 4) is 5.75 Å². The van der Waals surface area contributed by atoms with Crippen molar-refractivity contribution in [1.82, 2.24) is 14.5 Å². The molecule has 0 unspecified atom stereocenters. The van der Waals surface area contributed by atoms with E-state index in [-0.39, 0.29) is 42.9 Å². The third-order valence-electron chi connectivity index (χ3n) is 7.80. The number of carbonyl (C=O) groups excluding carboxylic acids is 2. The van der Waals surface area contributed by atoms with Gasteiger partial charge in [0.2, 0.25) is 21.8 Å². The van der Waals surface area contributed by atoms with Crippen molar-refractivity contribution in [2.45, 2.75) is 75.8 Å². The molecule has 9 heteroatoms. The molecule has 1 atom stereocenters. The molecule has 2 aromatic rings. The van der Waals surface area contributed by atoms with Gasteiger partial charge in [-0.15, -0.1) is 0 Å². The Labute approximate surface area is 226 Å². The minimum Gasteiger partial charge on any atom is -0.496 e. The fourth-order valence-corrected chi connectivity index (χ4v) is 7.05. The number of sulfonamides is 1. The summed E-state index contributed by atoms with van der Waals surface area (Å²) in [6.07, 6.45) is 4.22. The summed E-state index contributed by atoms with van der Waals surface area (Å²) in [5.74, 6) is 0.754. The lowest BCUT2D eigenvalue weighted by molar-refractivity contribution is -0.134. The molecule has 206 valence electrons. The number of piperazine rings is 1. The van der Waals surface area contributed by atoms with Gasteiger partial charge in [0.25, 0.3) is 0 Å². The second-order valence-electron chi connectivity index (χ2n) is 10.6. The highest BCUT2D eigenvalue weighted by atomic mass is 32.2. The second kappa shape index (κ2) is 11.9. The van der Waals surface area contributed by atoms with E-state index in [4.69, 9.17) is 4.74 Å². The number of hydrogen-bond donors (Lipinski definition) is 1. The average molecular weight is 542 g/mol. The van der Waals surface area contributed by atoms with E-state index < -0.39 is 22.0 Å². The molecule has 1 saturated heterocycles. The van der Waals surface area contributed by atoms with Gasteiger partial charge in [-0.1, -0.05) is 51.0 Å². The maximum Gasteiger partial charge on any atom is 0.243 e. The molecule has 2 aromatic carbocycles. The smallest absolute Gasteiger partial charge is 0.243 e. The normalized spacial score (nSPS) is 19.1. The highest BCUT2D eigenvalue weighted by Crippen LogP contribution is 2.40. The Bertz CT molecular complexity index is 1250. The number of carbonyl (C=O) groups is 2. The van der Waals surface area contributed by atoms with Crippen LogP contribution in [-0.2, 0) is 26.2 Å². The summed E-state index contributed by atoms with van der Waals surface area (Å²) in [6, 6.07) is 12.0. The van der Waals surface area contributed by atoms with Crippen LogP contribution in [0, 0.1) is 0 Å². The molecular weight excluding hydrogens is 502 g/mol. The molecule has 1 saturated carbocycles. The summed E-state index contributed by atoms with van der Waals surface area (Å²) < 4.78 is 34.6. The highest BCUT2D eigenvalue weighted by molar-refractivity contribution is 7.89. The van der Waals surface area contributed by atoms with Gasteiger partial charge in [0.15, 0.2) is 0 Å². The van der Waals surface area contributed by atoms with Crippen LogP contribution in [0.15, 0.2) is 47.4 Å². The van der Waals surface area contributed by atoms with Crippen molar-refractivity contribution < 1.29 is 22.7 Å². The van der Waals surface area contributed by atoms with Crippen molar-refractivity contribution in [1.29, 1.82) is 0 Å². The minimum absolute atomic E-state index is 0.0122. The summed E-state index contributed by atoms with van der Waals surface area (Å²) in [5, 5.41) is 2.90. The molecule has 0 bridgehead atoms. The quantitative estimate of drug-likeness (QED) is 0.545. The van der Waals surface area contributed by atoms with Gasteiger partial charge >= 0.3 is 0 Å². The Morgan fingerprint density at radius 1 is 1.05 bits per heavy atom. The maximum absolute atomic E-state index is 13.9. The van der Waals surface area contributed by atoms with Crippen LogP contribution in [0.4, 0.5) is 0 Å². The molecule has 4 rings (SSSR count). The van der Waals surface area contributed by atoms with Gasteiger partial charge < -0.3 is 15.0 Å². The van der Waals surface area contributed by atoms with Gasteiger partial charge in [0.05, 0.1) is 12.0 Å². The predicted molar refractivity (Wildman–Crippen MR) is 147 cm³/mol. The predicted octanol–water partition coefficient (Wildman–Crippen LogP) is 4.01. The molecule has 0 spiro atoms. The lowest BCUT2D eigenvalue weighted by Crippen LogP contribution is -2.61. The highest BCUT2D eigenvalue weighted by Gasteiger charge is 2.41. The van der Waals surface area contributed by atoms with Crippen LogP contribution in [0.3, 0.4) is 0 Å². The summed E-state index contributed by atoms with van der Waals surface area (Å²) >= 11 is 0. The molecule has 1 aliphatic heterocycles. The van der Waals surface area contributed by atoms with Gasteiger partial charge in [-0.05, 0) is 59.6 Å². The van der Waals surface area contributed by atoms with Crippen LogP contribution in [0.25, 0.3) is 0 Å². The van der Waals surface area contributed by atoms with E-state index in [1.54, 1.807) is 25.3 Å². The molecule has 38 heavy (non-hydrogen) atoms. The fourth-order valence-electron chi connectivity index (χ4n) is 5.45. The van der Waals surface area contributed by atoms with Crippen molar-refractivity contribution in [2.75, 3.05) is 26.7 Å². The lowest BCUT2D eigenvalue weighted by Gasteiger charge is -2.39. The average Bonchev–Trinajstić information content (AvgIpc) is 3.46. The molecule has 0 aromatic heterocycles. The SMILES string of the molecule is COc1ccc(S(=O)(=O)N2CCN(C(C)=O)C[C@@H]2C(=O)NCc2ccc(C(C)C)cc2)cc1C1CCCC1. The maximum atomic E-state index is 13.9. The van der Waals surface area contributed by atoms with E-state index >= 15 is 0 Å². The van der Waals surface area contributed by atoms with Crippen LogP contribution < -0.4 is 10.1 Å². The molecule has 2 amide bonds. The van der Waals surface area contributed by atoms with Crippen molar-refractivity contribution in [3.63, 3.8) is 0 Å². The van der Waals surface area contributed by atoms with Crippen LogP contribution in [0.1, 0.15) is 75.0 Å². The summed E-state index contributed by atoms with van der Waals surface area (Å²) in [5.41, 5.74) is 3.03. The molecule has 0 radical (unpaired) electrons. The number of methoxy groups -OCH3 is 1. The molecule has 1 heterocycles. The van der Waals surface area contributed by atoms with Gasteiger partial charge in [0.1, 0.15) is 11.8 Å². The topological polar surface area (TPSA) is 96.0 Å². The van der Waals surface area contributed by atoms with Gasteiger partial charge in [-0.3, -0.25) is 9.59 Å². The first-order valence-corrected chi connectivity index (χ1v) is 14.9. The number of nitrogens with one attached hydrogen (secondary N) is 1. The Hall–Kier alpha value is -2.91. The van der Waals surface area contributed by atoms with E-state index in [0.717, 1.165) is 36.8 Å². The number of amides is 2. The number of hydrogen-bond acceptors (Lipinski definition) is 5. The van der Waals surface area contributed by atoms with Crippen LogP contribution in [0.5, 0.6) is 5.75 Å². The number of nitrogens with zero attached hydrogens (tertiary/aromatic N) is 2. The van der Waals surface area contributed by atoms with E-state index in [2.05, 4.69) is 19.2 Å². The van der Waals surface area contributed by atoms with Crippen molar-refractivity contribution in [2.24, 2.45) is 0 Å². The Morgan fingerprint density at radius 2 is 1.74 bits per heavy atom. The first kappa shape index (κ1) is 28.1. The Balaban J connectivity index is 1.58. The van der Waals surface area contributed by atoms with Crippen LogP contribution in [0.2, 0.25) is 0 Å². The molecular formula is C29H39N3O5S. The second-order valence-corrected chi connectivity index (χ2v) is 12.5. The lowest BCUT2D eigenvalue weighted by atomic mass is 9.97. The van der Waals surface area contributed by atoms with Gasteiger partial charge in [-0.25, -0.2) is 8.42 Å². The number of ether oxygens (including phenoxy) is 1. The third kappa shape index (κ3) is 6.04. The molecule has 2 aliphatic rings. The summed E-state index contributed by atoms with van der Waals surface area (Å²) in [6.45, 7) is 6.25. The summed E-state index contributed by atoms with van der Waals surface area (Å²) in [4.78, 5) is 27.2. The zero-order chi connectivity index (χ0) is 27.4. The van der Waals surface area contributed by atoms with E-state index in [1.807, 2.05) is 24.3 Å². The standard InChI is InChI=1S/C29H39N3O5S/c1-20(2)23-11-9-22(10-12-23)18-30-29(34)27-19-31(21(3)33)15-16-32(27)38(35,36)25-13-14-28(37-4)26(17-25)24-7-5-6-8-24/h9-14,17,20,24,27H,5-8,15-16,18-19H2,1-4H3,(H,30,34)/t27-/m1/s1. The summed E-state index contributed by atoms with van der Waals surface area (Å²) in [7, 11) is -2.40. The van der Waals surface area contributed by atoms with Crippen LogP contribution >= 0.6 is 0 Å². The van der Waals surface area contributed by atoms with Gasteiger partial charge in [0, 0.05) is 33.1 Å². The number of rotatable bonds is 8. The van der Waals surface area contributed by atoms with Crippen molar-refractivity contribution in [3.05, 3.63) is 59.2 Å². The fraction of sp³-hybridized carbons (Fsp3) is 0.517. The Morgan fingerprint density at radius 3 is 2.34 bits per heavy atom. The van der Waals surface area contributed by atoms with Crippen LogP contribution in [-0.4, -0.2) is 62.2 Å². The molecule has 1 aliphatic carbocycles. The first-order valence-electron chi connectivity index (χ1n) is 13.4.